The molecule has 0 radical (unpaired) electrons. The van der Waals surface area contributed by atoms with Gasteiger partial charge < -0.3 is 43.2 Å². The molecule has 0 saturated carbocycles. The van der Waals surface area contributed by atoms with Gasteiger partial charge >= 0.3 is 12.1 Å². The molecule has 0 bridgehead atoms. The summed E-state index contributed by atoms with van der Waals surface area (Å²) < 4.78 is 40.2. The number of fused-ring (bicyclic) bond motifs is 1. The lowest BCUT2D eigenvalue weighted by atomic mass is 9.77. The van der Waals surface area contributed by atoms with Gasteiger partial charge in [-0.1, -0.05) is 41.9 Å². The number of hydrogen-bond acceptors (Lipinski definition) is 10. The normalized spacial score (nSPS) is 20.1. The largest absolute Gasteiger partial charge is 0.493 e. The van der Waals surface area contributed by atoms with Crippen LogP contribution in [0.4, 0.5) is 10.5 Å². The maximum atomic E-state index is 13.4. The fourth-order valence-corrected chi connectivity index (χ4v) is 6.66. The van der Waals surface area contributed by atoms with Crippen LogP contribution in [0, 0.1) is 5.92 Å². The van der Waals surface area contributed by atoms with Crippen molar-refractivity contribution in [2.75, 3.05) is 72.3 Å². The molecule has 3 aromatic carbocycles. The van der Waals surface area contributed by atoms with Crippen molar-refractivity contribution < 1.29 is 47.9 Å². The smallest absolute Gasteiger partial charge is 0.409 e. The lowest BCUT2D eigenvalue weighted by Crippen LogP contribution is -2.59. The minimum atomic E-state index is -1.22. The Morgan fingerprint density at radius 3 is 2.46 bits per heavy atom. The molecule has 1 amide bonds. The van der Waals surface area contributed by atoms with Crippen molar-refractivity contribution in [1.29, 1.82) is 0 Å². The number of piperidine rings is 1. The second kappa shape index (κ2) is 18.1. The van der Waals surface area contributed by atoms with Crippen molar-refractivity contribution in [3.05, 3.63) is 82.9 Å². The van der Waals surface area contributed by atoms with Gasteiger partial charge in [-0.2, -0.15) is 0 Å². The predicted molar refractivity (Wildman–Crippen MR) is 186 cm³/mol. The topological polar surface area (TPSA) is 125 Å². The number of para-hydroxylation sites is 1. The zero-order valence-electron chi connectivity index (χ0n) is 28.6. The van der Waals surface area contributed by atoms with Crippen LogP contribution in [0.5, 0.6) is 17.2 Å². The number of halogens is 1. The SMILES string of the molecule is COCCCN1CCOc2ccc(CO[C@H]3CN(C(=O)O)C(OC)[C@@H](C(=O)OC)[C@@H]3c3ccc(OCCCOc4ccccc4Cl)cc3)cc21. The predicted octanol–water partition coefficient (Wildman–Crippen LogP) is 5.85. The quantitative estimate of drug-likeness (QED) is 0.142. The minimum absolute atomic E-state index is 0.0210. The van der Waals surface area contributed by atoms with Gasteiger partial charge in [0.1, 0.15) is 36.0 Å². The summed E-state index contributed by atoms with van der Waals surface area (Å²) in [5.41, 5.74) is 2.62. The molecule has 0 aliphatic carbocycles. The number of carbonyl (C=O) groups excluding carboxylic acids is 1. The Morgan fingerprint density at radius 2 is 1.74 bits per heavy atom. The average Bonchev–Trinajstić information content (AvgIpc) is 3.14. The Morgan fingerprint density at radius 1 is 0.960 bits per heavy atom. The fourth-order valence-electron chi connectivity index (χ4n) is 6.47. The van der Waals surface area contributed by atoms with E-state index in [0.717, 1.165) is 47.0 Å². The summed E-state index contributed by atoms with van der Waals surface area (Å²) in [7, 11) is 4.35. The Bertz CT molecular complexity index is 1560. The number of nitrogens with zero attached hydrogens (tertiary/aromatic N) is 2. The van der Waals surface area contributed by atoms with E-state index in [1.54, 1.807) is 13.2 Å². The van der Waals surface area contributed by atoms with Gasteiger partial charge in [0, 0.05) is 39.7 Å². The molecule has 50 heavy (non-hydrogen) atoms. The van der Waals surface area contributed by atoms with Crippen LogP contribution in [-0.4, -0.2) is 102 Å². The standard InChI is InChI=1S/C37H45ClN2O10/c1-44-18-6-16-39-17-21-49-31-15-10-25(22-29(31)39)24-50-32-23-40(37(42)43)35(45-2)34(36(41)46-3)33(32)26-11-13-27(14-12-26)47-19-7-20-48-30-9-5-4-8-28(30)38/h4-5,8-15,22,32-35H,6-7,16-21,23-24H2,1-3H3,(H,42,43)/t32-,33+,34-,35?/m0/s1. The van der Waals surface area contributed by atoms with Gasteiger partial charge in [-0.15, -0.1) is 0 Å². The van der Waals surface area contributed by atoms with E-state index in [2.05, 4.69) is 4.90 Å². The van der Waals surface area contributed by atoms with E-state index in [-0.39, 0.29) is 13.2 Å². The van der Waals surface area contributed by atoms with E-state index in [1.807, 2.05) is 60.7 Å². The molecule has 13 heteroatoms. The average molecular weight is 713 g/mol. The number of likely N-dealkylation sites (tertiary alicyclic amines) is 1. The molecule has 1 saturated heterocycles. The van der Waals surface area contributed by atoms with Crippen LogP contribution in [0.15, 0.2) is 66.7 Å². The first-order valence-electron chi connectivity index (χ1n) is 16.7. The van der Waals surface area contributed by atoms with Crippen LogP contribution in [0.25, 0.3) is 0 Å². The molecule has 1 N–H and O–H groups in total. The highest BCUT2D eigenvalue weighted by Crippen LogP contribution is 2.41. The van der Waals surface area contributed by atoms with Crippen LogP contribution in [0.3, 0.4) is 0 Å². The molecule has 1 fully saturated rings. The molecule has 0 spiro atoms. The molecular weight excluding hydrogens is 668 g/mol. The van der Waals surface area contributed by atoms with Gasteiger partial charge in [0.2, 0.25) is 0 Å². The monoisotopic (exact) mass is 712 g/mol. The van der Waals surface area contributed by atoms with Crippen molar-refractivity contribution in [2.24, 2.45) is 5.92 Å². The van der Waals surface area contributed by atoms with Crippen LogP contribution in [0.2, 0.25) is 5.02 Å². The summed E-state index contributed by atoms with van der Waals surface area (Å²) in [5, 5.41) is 10.7. The van der Waals surface area contributed by atoms with E-state index in [1.165, 1.54) is 14.2 Å². The molecule has 1 unspecified atom stereocenters. The molecule has 4 atom stereocenters. The molecule has 2 aliphatic rings. The van der Waals surface area contributed by atoms with Gasteiger partial charge in [-0.05, 0) is 53.9 Å². The number of hydrogen-bond donors (Lipinski definition) is 1. The molecule has 270 valence electrons. The first-order chi connectivity index (χ1) is 24.3. The maximum absolute atomic E-state index is 13.4. The summed E-state index contributed by atoms with van der Waals surface area (Å²) >= 11 is 6.16. The van der Waals surface area contributed by atoms with Crippen molar-refractivity contribution >= 4 is 29.4 Å². The van der Waals surface area contributed by atoms with E-state index >= 15 is 0 Å². The second-order valence-corrected chi connectivity index (χ2v) is 12.4. The number of benzene rings is 3. The summed E-state index contributed by atoms with van der Waals surface area (Å²) in [4.78, 5) is 29.1. The number of carbonyl (C=O) groups is 2. The lowest BCUT2D eigenvalue weighted by Gasteiger charge is -2.46. The van der Waals surface area contributed by atoms with Gasteiger partial charge in [-0.3, -0.25) is 9.69 Å². The van der Waals surface area contributed by atoms with E-state index < -0.39 is 36.2 Å². The highest BCUT2D eigenvalue weighted by Gasteiger charge is 2.51. The first-order valence-corrected chi connectivity index (χ1v) is 17.0. The third kappa shape index (κ3) is 9.11. The van der Waals surface area contributed by atoms with Gasteiger partial charge in [-0.25, -0.2) is 4.79 Å². The lowest BCUT2D eigenvalue weighted by molar-refractivity contribution is -0.175. The summed E-state index contributed by atoms with van der Waals surface area (Å²) in [6.45, 7) is 3.85. The number of rotatable bonds is 16. The zero-order valence-corrected chi connectivity index (χ0v) is 29.4. The number of methoxy groups -OCH3 is 3. The first kappa shape index (κ1) is 37.0. The zero-order chi connectivity index (χ0) is 35.5. The second-order valence-electron chi connectivity index (χ2n) is 12.0. The van der Waals surface area contributed by atoms with Gasteiger partial charge in [0.25, 0.3) is 0 Å². The minimum Gasteiger partial charge on any atom is -0.493 e. The summed E-state index contributed by atoms with van der Waals surface area (Å²) in [6.07, 6.45) is -1.50. The van der Waals surface area contributed by atoms with Crippen LogP contribution >= 0.6 is 11.6 Å². The number of esters is 1. The summed E-state index contributed by atoms with van der Waals surface area (Å²) in [5.74, 6) is -0.128. The Balaban J connectivity index is 1.32. The van der Waals surface area contributed by atoms with E-state index in [4.69, 9.17) is 44.8 Å². The van der Waals surface area contributed by atoms with Crippen molar-refractivity contribution in [3.63, 3.8) is 0 Å². The van der Waals surface area contributed by atoms with Gasteiger partial charge in [0.15, 0.2) is 0 Å². The number of anilines is 1. The third-order valence-corrected chi connectivity index (χ3v) is 9.19. The summed E-state index contributed by atoms with van der Waals surface area (Å²) in [6, 6.07) is 20.6. The number of ether oxygens (including phenoxy) is 7. The van der Waals surface area contributed by atoms with Crippen molar-refractivity contribution in [2.45, 2.75) is 37.7 Å². The molecule has 12 nitrogen and oxygen atoms in total. The van der Waals surface area contributed by atoms with Crippen molar-refractivity contribution in [1.82, 2.24) is 4.90 Å². The molecule has 2 aliphatic heterocycles. The van der Waals surface area contributed by atoms with E-state index in [9.17, 15) is 14.7 Å². The fraction of sp³-hybridized carbons (Fsp3) is 0.459. The van der Waals surface area contributed by atoms with Crippen molar-refractivity contribution in [3.8, 4) is 17.2 Å². The number of carboxylic acid groups (broad SMARTS) is 1. The Labute approximate surface area is 297 Å². The number of amides is 1. The molecule has 5 rings (SSSR count). The molecular formula is C37H45ClN2O10. The molecule has 3 aromatic rings. The Kier molecular flexibility index (Phi) is 13.4. The van der Waals surface area contributed by atoms with Gasteiger partial charge in [0.05, 0.1) is 56.8 Å². The van der Waals surface area contributed by atoms with Crippen LogP contribution in [0.1, 0.15) is 29.9 Å². The van der Waals surface area contributed by atoms with E-state index in [0.29, 0.717) is 49.4 Å². The maximum Gasteiger partial charge on any atom is 0.409 e. The third-order valence-electron chi connectivity index (χ3n) is 8.88. The highest BCUT2D eigenvalue weighted by molar-refractivity contribution is 6.32. The molecule has 2 heterocycles. The van der Waals surface area contributed by atoms with Crippen LogP contribution < -0.4 is 19.1 Å². The molecule has 0 aromatic heterocycles. The Hall–Kier alpha value is -4.23. The van der Waals surface area contributed by atoms with Crippen LogP contribution in [-0.2, 0) is 30.3 Å². The highest BCUT2D eigenvalue weighted by atomic mass is 35.5.